The van der Waals surface area contributed by atoms with Crippen molar-refractivity contribution in [1.29, 1.82) is 0 Å². The van der Waals surface area contributed by atoms with E-state index in [9.17, 15) is 21.6 Å². The van der Waals surface area contributed by atoms with Crippen LogP contribution in [-0.2, 0) is 10.0 Å². The standard InChI is InChI=1S/C12H17F3N4O3S/c1-23(20,21)18-8-2-7-17-11(16)19-9-3-5-10(6-4-9)22-12(13,14)15/h3-6,18H,2,7-8H2,1H3,(H3,16,17,19). The van der Waals surface area contributed by atoms with Gasteiger partial charge >= 0.3 is 6.36 Å². The zero-order chi connectivity index (χ0) is 17.5. The Bertz CT molecular complexity index is 630. The van der Waals surface area contributed by atoms with Crippen molar-refractivity contribution in [3.05, 3.63) is 24.3 Å². The normalized spacial score (nSPS) is 13.0. The van der Waals surface area contributed by atoms with Crippen molar-refractivity contribution in [3.63, 3.8) is 0 Å². The van der Waals surface area contributed by atoms with Gasteiger partial charge in [0, 0.05) is 18.8 Å². The second kappa shape index (κ2) is 8.02. The Balaban J connectivity index is 2.41. The maximum absolute atomic E-state index is 12.0. The van der Waals surface area contributed by atoms with Crippen molar-refractivity contribution in [1.82, 2.24) is 4.72 Å². The summed E-state index contributed by atoms with van der Waals surface area (Å²) in [6, 6.07) is 4.99. The molecule has 0 atom stereocenters. The molecule has 1 rings (SSSR count). The maximum atomic E-state index is 12.0. The van der Waals surface area contributed by atoms with Crippen LogP contribution in [0, 0.1) is 0 Å². The van der Waals surface area contributed by atoms with Crippen molar-refractivity contribution in [2.24, 2.45) is 10.7 Å². The van der Waals surface area contributed by atoms with Crippen LogP contribution in [0.3, 0.4) is 0 Å². The molecule has 0 heterocycles. The summed E-state index contributed by atoms with van der Waals surface area (Å²) < 4.78 is 63.7. The number of ether oxygens (including phenoxy) is 1. The summed E-state index contributed by atoms with van der Waals surface area (Å²) in [7, 11) is -3.23. The molecule has 0 saturated heterocycles. The van der Waals surface area contributed by atoms with E-state index in [-0.39, 0.29) is 24.8 Å². The second-order valence-corrected chi connectivity index (χ2v) is 6.32. The number of nitrogens with zero attached hydrogens (tertiary/aromatic N) is 1. The summed E-state index contributed by atoms with van der Waals surface area (Å²) in [5.74, 6) is -0.278. The average Bonchev–Trinajstić information content (AvgIpc) is 2.37. The van der Waals surface area contributed by atoms with Crippen molar-refractivity contribution >= 4 is 21.7 Å². The predicted octanol–water partition coefficient (Wildman–Crippen LogP) is 1.25. The highest BCUT2D eigenvalue weighted by atomic mass is 32.2. The maximum Gasteiger partial charge on any atom is 0.573 e. The van der Waals surface area contributed by atoms with Gasteiger partial charge in [0.25, 0.3) is 0 Å². The van der Waals surface area contributed by atoms with Gasteiger partial charge in [-0.25, -0.2) is 13.1 Å². The lowest BCUT2D eigenvalue weighted by Crippen LogP contribution is -2.25. The van der Waals surface area contributed by atoms with Gasteiger partial charge in [0.2, 0.25) is 10.0 Å². The molecule has 11 heteroatoms. The third-order valence-electron chi connectivity index (χ3n) is 2.34. The van der Waals surface area contributed by atoms with E-state index in [1.54, 1.807) is 0 Å². The summed E-state index contributed by atoms with van der Waals surface area (Å²) in [6.45, 7) is 0.524. The van der Waals surface area contributed by atoms with Crippen LogP contribution >= 0.6 is 0 Å². The smallest absolute Gasteiger partial charge is 0.406 e. The molecule has 4 N–H and O–H groups in total. The quantitative estimate of drug-likeness (QED) is 0.388. The Morgan fingerprint density at radius 3 is 2.43 bits per heavy atom. The minimum Gasteiger partial charge on any atom is -0.406 e. The number of sulfonamides is 1. The number of rotatable bonds is 7. The number of hydrogen-bond acceptors (Lipinski definition) is 4. The molecule has 0 bridgehead atoms. The van der Waals surface area contributed by atoms with E-state index < -0.39 is 16.4 Å². The van der Waals surface area contributed by atoms with Crippen molar-refractivity contribution in [3.8, 4) is 5.75 Å². The fourth-order valence-electron chi connectivity index (χ4n) is 1.46. The van der Waals surface area contributed by atoms with Crippen LogP contribution < -0.4 is 20.5 Å². The number of aliphatic imine (C=N–C) groups is 1. The number of guanidine groups is 1. The topological polar surface area (TPSA) is 106 Å². The minimum atomic E-state index is -4.74. The van der Waals surface area contributed by atoms with Crippen LogP contribution in [0.5, 0.6) is 5.75 Å². The van der Waals surface area contributed by atoms with Gasteiger partial charge in [0.15, 0.2) is 5.96 Å². The Kier molecular flexibility index (Phi) is 6.63. The van der Waals surface area contributed by atoms with Gasteiger partial charge in [-0.3, -0.25) is 4.99 Å². The molecule has 0 fully saturated rings. The number of nitrogens with two attached hydrogens (primary N) is 1. The van der Waals surface area contributed by atoms with E-state index in [0.29, 0.717) is 12.1 Å². The number of anilines is 1. The van der Waals surface area contributed by atoms with Crippen molar-refractivity contribution < 1.29 is 26.3 Å². The molecule has 130 valence electrons. The molecule has 0 spiro atoms. The lowest BCUT2D eigenvalue weighted by molar-refractivity contribution is -0.274. The molecular weight excluding hydrogens is 337 g/mol. The van der Waals surface area contributed by atoms with Gasteiger partial charge in [0.05, 0.1) is 6.26 Å². The Labute approximate surface area is 131 Å². The first-order valence-corrected chi connectivity index (χ1v) is 8.32. The third kappa shape index (κ3) is 9.58. The van der Waals surface area contributed by atoms with Gasteiger partial charge in [-0.15, -0.1) is 13.2 Å². The summed E-state index contributed by atoms with van der Waals surface area (Å²) in [4.78, 5) is 3.96. The van der Waals surface area contributed by atoms with Gasteiger partial charge < -0.3 is 15.8 Å². The van der Waals surface area contributed by atoms with E-state index in [1.165, 1.54) is 12.1 Å². The van der Waals surface area contributed by atoms with Crippen LogP contribution in [-0.4, -0.2) is 40.1 Å². The molecule has 23 heavy (non-hydrogen) atoms. The average molecular weight is 354 g/mol. The van der Waals surface area contributed by atoms with E-state index >= 15 is 0 Å². The SMILES string of the molecule is CS(=O)(=O)NCCCN=C(N)Nc1ccc(OC(F)(F)F)cc1. The Hall–Kier alpha value is -2.01. The monoisotopic (exact) mass is 354 g/mol. The molecule has 0 unspecified atom stereocenters. The first kappa shape index (κ1) is 19.0. The molecule has 0 aromatic heterocycles. The largest absolute Gasteiger partial charge is 0.573 e. The Morgan fingerprint density at radius 2 is 1.91 bits per heavy atom. The molecule has 1 aromatic rings. The lowest BCUT2D eigenvalue weighted by atomic mass is 10.3. The highest BCUT2D eigenvalue weighted by molar-refractivity contribution is 7.88. The lowest BCUT2D eigenvalue weighted by Gasteiger charge is -2.10. The molecule has 0 amide bonds. The number of halogens is 3. The van der Waals surface area contributed by atoms with E-state index in [4.69, 9.17) is 5.73 Å². The first-order valence-electron chi connectivity index (χ1n) is 6.42. The highest BCUT2D eigenvalue weighted by Crippen LogP contribution is 2.23. The van der Waals surface area contributed by atoms with E-state index in [0.717, 1.165) is 18.4 Å². The van der Waals surface area contributed by atoms with E-state index in [1.807, 2.05) is 0 Å². The molecule has 0 aliphatic carbocycles. The van der Waals surface area contributed by atoms with Crippen LogP contribution in [0.1, 0.15) is 6.42 Å². The fraction of sp³-hybridized carbons (Fsp3) is 0.417. The summed E-state index contributed by atoms with van der Waals surface area (Å²) in [5, 5.41) is 2.69. The molecule has 0 saturated carbocycles. The van der Waals surface area contributed by atoms with Gasteiger partial charge in [0.1, 0.15) is 5.75 Å². The molecule has 0 radical (unpaired) electrons. The number of nitrogens with one attached hydrogen (secondary N) is 2. The van der Waals surface area contributed by atoms with Crippen LogP contribution in [0.4, 0.5) is 18.9 Å². The second-order valence-electron chi connectivity index (χ2n) is 4.48. The fourth-order valence-corrected chi connectivity index (χ4v) is 1.98. The number of alkyl halides is 3. The van der Waals surface area contributed by atoms with E-state index in [2.05, 4.69) is 19.8 Å². The third-order valence-corrected chi connectivity index (χ3v) is 3.07. The highest BCUT2D eigenvalue weighted by Gasteiger charge is 2.30. The first-order chi connectivity index (χ1) is 10.6. The summed E-state index contributed by atoms with van der Waals surface area (Å²) in [6.07, 6.45) is -3.23. The molecular formula is C12H17F3N4O3S. The number of hydrogen-bond donors (Lipinski definition) is 3. The van der Waals surface area contributed by atoms with Crippen LogP contribution in [0.15, 0.2) is 29.3 Å². The molecule has 0 aliphatic rings. The summed E-state index contributed by atoms with van der Waals surface area (Å²) in [5.41, 5.74) is 6.04. The molecule has 7 nitrogen and oxygen atoms in total. The predicted molar refractivity (Wildman–Crippen MR) is 80.7 cm³/mol. The van der Waals surface area contributed by atoms with Crippen LogP contribution in [0.2, 0.25) is 0 Å². The number of benzene rings is 1. The van der Waals surface area contributed by atoms with Crippen molar-refractivity contribution in [2.45, 2.75) is 12.8 Å². The summed E-state index contributed by atoms with van der Waals surface area (Å²) >= 11 is 0. The molecule has 0 aliphatic heterocycles. The van der Waals surface area contributed by atoms with Gasteiger partial charge in [-0.2, -0.15) is 0 Å². The Morgan fingerprint density at radius 1 is 1.30 bits per heavy atom. The zero-order valence-electron chi connectivity index (χ0n) is 12.2. The van der Waals surface area contributed by atoms with Crippen LogP contribution in [0.25, 0.3) is 0 Å². The van der Waals surface area contributed by atoms with Crippen molar-refractivity contribution in [2.75, 3.05) is 24.7 Å². The molecule has 1 aromatic carbocycles. The van der Waals surface area contributed by atoms with Gasteiger partial charge in [-0.1, -0.05) is 0 Å². The van der Waals surface area contributed by atoms with Gasteiger partial charge in [-0.05, 0) is 30.7 Å². The minimum absolute atomic E-state index is 0.0637. The zero-order valence-corrected chi connectivity index (χ0v) is 13.0.